The van der Waals surface area contributed by atoms with E-state index in [4.69, 9.17) is 0 Å². The first-order chi connectivity index (χ1) is 13.6. The van der Waals surface area contributed by atoms with Crippen molar-refractivity contribution in [3.05, 3.63) is 57.8 Å². The van der Waals surface area contributed by atoms with Gasteiger partial charge in [-0.05, 0) is 67.4 Å². The molecule has 1 fully saturated rings. The Labute approximate surface area is 171 Å². The highest BCUT2D eigenvalue weighted by molar-refractivity contribution is 7.12. The van der Waals surface area contributed by atoms with Gasteiger partial charge in [0.1, 0.15) is 0 Å². The van der Waals surface area contributed by atoms with Crippen molar-refractivity contribution in [2.75, 3.05) is 26.2 Å². The highest BCUT2D eigenvalue weighted by Gasteiger charge is 2.15. The molecule has 0 spiro atoms. The number of likely N-dealkylation sites (tertiary alicyclic amines) is 1. The third kappa shape index (κ3) is 6.17. The van der Waals surface area contributed by atoms with Gasteiger partial charge in [0.2, 0.25) is 0 Å². The minimum Gasteiger partial charge on any atom is -0.352 e. The van der Waals surface area contributed by atoms with Gasteiger partial charge in [0, 0.05) is 25.2 Å². The van der Waals surface area contributed by atoms with Crippen molar-refractivity contribution in [1.29, 1.82) is 0 Å². The standard InChI is InChI=1S/C22H29N3O2S/c1-17-5-2-12-25(16-17)13-4-11-23-21(26)19-9-7-18(8-10-19)15-24-22(27)20-6-3-14-28-20/h3,6-10,14,17H,2,4-5,11-13,15-16H2,1H3,(H,23,26)(H,24,27). The number of amides is 2. The van der Waals surface area contributed by atoms with Gasteiger partial charge in [-0.3, -0.25) is 9.59 Å². The number of piperidine rings is 1. The van der Waals surface area contributed by atoms with Crippen molar-refractivity contribution in [2.24, 2.45) is 5.92 Å². The molecule has 5 nitrogen and oxygen atoms in total. The molecule has 150 valence electrons. The van der Waals surface area contributed by atoms with E-state index in [1.165, 1.54) is 37.3 Å². The van der Waals surface area contributed by atoms with Crippen molar-refractivity contribution in [2.45, 2.75) is 32.7 Å². The van der Waals surface area contributed by atoms with Gasteiger partial charge in [0.05, 0.1) is 4.88 Å². The topological polar surface area (TPSA) is 61.4 Å². The summed E-state index contributed by atoms with van der Waals surface area (Å²) in [5, 5.41) is 7.78. The normalized spacial score (nSPS) is 17.2. The minimum atomic E-state index is -0.0695. The molecule has 28 heavy (non-hydrogen) atoms. The molecule has 0 radical (unpaired) electrons. The number of hydrogen-bond donors (Lipinski definition) is 2. The Morgan fingerprint density at radius 1 is 1.14 bits per heavy atom. The van der Waals surface area contributed by atoms with Crippen molar-refractivity contribution in [3.63, 3.8) is 0 Å². The third-order valence-electron chi connectivity index (χ3n) is 5.09. The second-order valence-electron chi connectivity index (χ2n) is 7.51. The number of thiophene rings is 1. The van der Waals surface area contributed by atoms with Crippen LogP contribution in [0.4, 0.5) is 0 Å². The number of carbonyl (C=O) groups is 2. The lowest BCUT2D eigenvalue weighted by Crippen LogP contribution is -2.36. The zero-order valence-electron chi connectivity index (χ0n) is 16.4. The van der Waals surface area contributed by atoms with Crippen LogP contribution in [0.1, 0.15) is 51.8 Å². The van der Waals surface area contributed by atoms with Crippen LogP contribution < -0.4 is 10.6 Å². The molecule has 0 aliphatic carbocycles. The smallest absolute Gasteiger partial charge is 0.261 e. The quantitative estimate of drug-likeness (QED) is 0.668. The average molecular weight is 400 g/mol. The summed E-state index contributed by atoms with van der Waals surface area (Å²) in [6.45, 7) is 6.87. The lowest BCUT2D eigenvalue weighted by atomic mass is 10.0. The number of rotatable bonds is 8. The summed E-state index contributed by atoms with van der Waals surface area (Å²) in [5.41, 5.74) is 1.63. The van der Waals surface area contributed by atoms with Crippen molar-refractivity contribution >= 4 is 23.2 Å². The maximum atomic E-state index is 12.3. The first-order valence-electron chi connectivity index (χ1n) is 10.0. The summed E-state index contributed by atoms with van der Waals surface area (Å²) < 4.78 is 0. The van der Waals surface area contributed by atoms with E-state index < -0.39 is 0 Å². The Morgan fingerprint density at radius 2 is 1.96 bits per heavy atom. The van der Waals surface area contributed by atoms with Crippen molar-refractivity contribution < 1.29 is 9.59 Å². The summed E-state index contributed by atoms with van der Waals surface area (Å²) in [6.07, 6.45) is 3.60. The van der Waals surface area contributed by atoms with Crippen LogP contribution in [-0.4, -0.2) is 42.9 Å². The summed E-state index contributed by atoms with van der Waals surface area (Å²) >= 11 is 1.42. The minimum absolute atomic E-state index is 0.0406. The Morgan fingerprint density at radius 3 is 2.68 bits per heavy atom. The Balaban J connectivity index is 1.36. The fourth-order valence-corrected chi connectivity index (χ4v) is 4.19. The van der Waals surface area contributed by atoms with Crippen LogP contribution in [0.5, 0.6) is 0 Å². The van der Waals surface area contributed by atoms with Gasteiger partial charge in [-0.15, -0.1) is 11.3 Å². The van der Waals surface area contributed by atoms with E-state index in [1.807, 2.05) is 35.7 Å². The van der Waals surface area contributed by atoms with Gasteiger partial charge in [-0.25, -0.2) is 0 Å². The van der Waals surface area contributed by atoms with Crippen LogP contribution in [0.25, 0.3) is 0 Å². The molecule has 2 heterocycles. The molecule has 1 atom stereocenters. The summed E-state index contributed by atoms with van der Waals surface area (Å²) in [7, 11) is 0. The van der Waals surface area contributed by atoms with Gasteiger partial charge >= 0.3 is 0 Å². The maximum Gasteiger partial charge on any atom is 0.261 e. The molecule has 6 heteroatoms. The fourth-order valence-electron chi connectivity index (χ4n) is 3.55. The Bertz CT molecular complexity index is 759. The zero-order chi connectivity index (χ0) is 19.8. The second-order valence-corrected chi connectivity index (χ2v) is 8.46. The molecule has 2 N–H and O–H groups in total. The van der Waals surface area contributed by atoms with Gasteiger partial charge in [0.25, 0.3) is 11.8 Å². The van der Waals surface area contributed by atoms with Crippen LogP contribution in [0.2, 0.25) is 0 Å². The van der Waals surface area contributed by atoms with E-state index in [-0.39, 0.29) is 11.8 Å². The number of hydrogen-bond acceptors (Lipinski definition) is 4. The Hall–Kier alpha value is -2.18. The fraction of sp³-hybridized carbons (Fsp3) is 0.455. The maximum absolute atomic E-state index is 12.3. The van der Waals surface area contributed by atoms with E-state index >= 15 is 0 Å². The third-order valence-corrected chi connectivity index (χ3v) is 5.96. The molecular formula is C22H29N3O2S. The molecule has 3 rings (SSSR count). The molecular weight excluding hydrogens is 370 g/mol. The average Bonchev–Trinajstić information content (AvgIpc) is 3.25. The molecule has 1 unspecified atom stereocenters. The monoisotopic (exact) mass is 399 g/mol. The van der Waals surface area contributed by atoms with E-state index in [0.29, 0.717) is 23.5 Å². The van der Waals surface area contributed by atoms with Crippen LogP contribution in [0.15, 0.2) is 41.8 Å². The second kappa shape index (κ2) is 10.4. The predicted molar refractivity (Wildman–Crippen MR) is 114 cm³/mol. The molecule has 0 saturated carbocycles. The number of nitrogens with zero attached hydrogens (tertiary/aromatic N) is 1. The molecule has 1 aliphatic rings. The van der Waals surface area contributed by atoms with E-state index in [0.717, 1.165) is 24.4 Å². The SMILES string of the molecule is CC1CCCN(CCCNC(=O)c2ccc(CNC(=O)c3cccs3)cc2)C1. The van der Waals surface area contributed by atoms with Gasteiger partial charge in [-0.1, -0.05) is 25.1 Å². The highest BCUT2D eigenvalue weighted by Crippen LogP contribution is 2.15. The van der Waals surface area contributed by atoms with Crippen molar-refractivity contribution in [3.8, 4) is 0 Å². The van der Waals surface area contributed by atoms with Crippen LogP contribution in [0.3, 0.4) is 0 Å². The van der Waals surface area contributed by atoms with Gasteiger partial charge in [-0.2, -0.15) is 0 Å². The summed E-state index contributed by atoms with van der Waals surface area (Å²) in [6, 6.07) is 11.1. The lowest BCUT2D eigenvalue weighted by Gasteiger charge is -2.30. The zero-order valence-corrected chi connectivity index (χ0v) is 17.3. The molecule has 1 saturated heterocycles. The largest absolute Gasteiger partial charge is 0.352 e. The van der Waals surface area contributed by atoms with E-state index in [2.05, 4.69) is 22.5 Å². The van der Waals surface area contributed by atoms with E-state index in [1.54, 1.807) is 6.07 Å². The van der Waals surface area contributed by atoms with Crippen LogP contribution >= 0.6 is 11.3 Å². The van der Waals surface area contributed by atoms with Crippen LogP contribution in [0, 0.1) is 5.92 Å². The predicted octanol–water partition coefficient (Wildman–Crippen LogP) is 3.53. The van der Waals surface area contributed by atoms with Gasteiger partial charge < -0.3 is 15.5 Å². The summed E-state index contributed by atoms with van der Waals surface area (Å²) in [4.78, 5) is 27.5. The first kappa shape index (κ1) is 20.6. The molecule has 1 aromatic heterocycles. The number of nitrogens with one attached hydrogen (secondary N) is 2. The van der Waals surface area contributed by atoms with Gasteiger partial charge in [0.15, 0.2) is 0 Å². The molecule has 1 aliphatic heterocycles. The molecule has 1 aromatic carbocycles. The lowest BCUT2D eigenvalue weighted by molar-refractivity contribution is 0.0943. The van der Waals surface area contributed by atoms with E-state index in [9.17, 15) is 9.59 Å². The molecule has 2 amide bonds. The summed E-state index contributed by atoms with van der Waals surface area (Å²) in [5.74, 6) is 0.679. The molecule has 0 bridgehead atoms. The number of benzene rings is 1. The van der Waals surface area contributed by atoms with Crippen LogP contribution in [-0.2, 0) is 6.54 Å². The number of carbonyl (C=O) groups excluding carboxylic acids is 2. The first-order valence-corrected chi connectivity index (χ1v) is 10.9. The Kier molecular flexibility index (Phi) is 7.62. The molecule has 2 aromatic rings. The van der Waals surface area contributed by atoms with Crippen molar-refractivity contribution in [1.82, 2.24) is 15.5 Å². The highest BCUT2D eigenvalue weighted by atomic mass is 32.1.